The summed E-state index contributed by atoms with van der Waals surface area (Å²) < 4.78 is 22.5. The Labute approximate surface area is 148 Å². The van der Waals surface area contributed by atoms with E-state index >= 15 is 0 Å². The fraction of sp³-hybridized carbons (Fsp3) is 0.800. The Morgan fingerprint density at radius 2 is 1.71 bits per heavy atom. The number of hydrogen-bond donors (Lipinski definition) is 0. The van der Waals surface area contributed by atoms with Gasteiger partial charge in [0.1, 0.15) is 6.10 Å². The summed E-state index contributed by atoms with van der Waals surface area (Å²) in [5.41, 5.74) is 0. The van der Waals surface area contributed by atoms with Crippen LogP contribution in [0.2, 0.25) is 0 Å². The molecule has 1 aliphatic heterocycles. The fourth-order valence-corrected chi connectivity index (χ4v) is 2.68. The Hall–Kier alpha value is -1.00. The third-order valence-corrected chi connectivity index (χ3v) is 3.97. The van der Waals surface area contributed by atoms with Crippen molar-refractivity contribution in [2.75, 3.05) is 19.8 Å². The number of ether oxygens (including phenoxy) is 4. The second-order valence-corrected chi connectivity index (χ2v) is 6.87. The maximum atomic E-state index is 5.83. The average Bonchev–Trinajstić information content (AvgIpc) is 3.29. The topological polar surface area (TPSA) is 40.2 Å². The minimum atomic E-state index is -0.332. The number of epoxide rings is 1. The van der Waals surface area contributed by atoms with Gasteiger partial charge in [0.05, 0.1) is 24.7 Å². The number of hydrogen-bond acceptors (Lipinski definition) is 4. The van der Waals surface area contributed by atoms with E-state index in [4.69, 9.17) is 18.9 Å². The van der Waals surface area contributed by atoms with E-state index in [0.717, 1.165) is 26.1 Å². The fourth-order valence-electron chi connectivity index (χ4n) is 2.68. The average molecular weight is 341 g/mol. The van der Waals surface area contributed by atoms with Gasteiger partial charge in [0.25, 0.3) is 0 Å². The van der Waals surface area contributed by atoms with Crippen LogP contribution in [0, 0.1) is 5.92 Å². The summed E-state index contributed by atoms with van der Waals surface area (Å²) in [6.07, 6.45) is 8.31. The molecule has 4 heteroatoms. The van der Waals surface area contributed by atoms with E-state index in [2.05, 4.69) is 20.1 Å². The molecule has 0 radical (unpaired) electrons. The summed E-state index contributed by atoms with van der Waals surface area (Å²) in [5.74, 6) is 1.74. The first-order chi connectivity index (χ1) is 11.5. The van der Waals surface area contributed by atoms with Gasteiger partial charge in [0.2, 0.25) is 6.29 Å². The smallest absolute Gasteiger partial charge is 0.240 e. The van der Waals surface area contributed by atoms with E-state index in [1.165, 1.54) is 32.1 Å². The maximum Gasteiger partial charge on any atom is 0.240 e. The molecule has 2 unspecified atom stereocenters. The van der Waals surface area contributed by atoms with Crippen molar-refractivity contribution in [3.63, 3.8) is 0 Å². The van der Waals surface area contributed by atoms with E-state index in [-0.39, 0.29) is 6.29 Å². The van der Waals surface area contributed by atoms with Crippen LogP contribution in [-0.2, 0) is 18.9 Å². The number of allylic oxidation sites excluding steroid dienone is 2. The zero-order valence-corrected chi connectivity index (χ0v) is 15.9. The molecule has 0 aromatic heterocycles. The lowest BCUT2D eigenvalue weighted by Gasteiger charge is -2.25. The van der Waals surface area contributed by atoms with E-state index in [1.54, 1.807) is 0 Å². The van der Waals surface area contributed by atoms with Gasteiger partial charge in [-0.25, -0.2) is 0 Å². The van der Waals surface area contributed by atoms with Gasteiger partial charge in [0, 0.05) is 13.0 Å². The van der Waals surface area contributed by atoms with Gasteiger partial charge < -0.3 is 18.9 Å². The molecular weight excluding hydrogens is 304 g/mol. The molecule has 1 saturated heterocycles. The highest BCUT2D eigenvalue weighted by Gasteiger charge is 2.24. The molecule has 0 amide bonds. The Balaban J connectivity index is 2.41. The summed E-state index contributed by atoms with van der Waals surface area (Å²) in [6.45, 7) is 15.8. The molecule has 0 aliphatic carbocycles. The highest BCUT2D eigenvalue weighted by Crippen LogP contribution is 2.22. The molecular formula is C20H36O4. The van der Waals surface area contributed by atoms with Crippen molar-refractivity contribution in [3.8, 4) is 0 Å². The molecule has 0 bridgehead atoms. The molecule has 2 atom stereocenters. The molecule has 1 heterocycles. The van der Waals surface area contributed by atoms with Crippen LogP contribution in [0.3, 0.4) is 0 Å². The van der Waals surface area contributed by atoms with Gasteiger partial charge in [-0.2, -0.15) is 0 Å². The van der Waals surface area contributed by atoms with E-state index in [1.807, 2.05) is 13.8 Å². The molecule has 0 spiro atoms. The first-order valence-electron chi connectivity index (χ1n) is 9.35. The minimum Gasteiger partial charge on any atom is -0.460 e. The molecule has 0 saturated carbocycles. The van der Waals surface area contributed by atoms with Crippen LogP contribution in [0.1, 0.15) is 65.7 Å². The summed E-state index contributed by atoms with van der Waals surface area (Å²) in [7, 11) is 0. The highest BCUT2D eigenvalue weighted by atomic mass is 16.7. The van der Waals surface area contributed by atoms with Crippen LogP contribution in [-0.4, -0.2) is 32.2 Å². The number of unbranched alkanes of at least 4 members (excludes halogenated alkanes) is 4. The third-order valence-electron chi connectivity index (χ3n) is 3.97. The predicted octanol–water partition coefficient (Wildman–Crippen LogP) is 5.20. The summed E-state index contributed by atoms with van der Waals surface area (Å²) in [5, 5.41) is 0. The van der Waals surface area contributed by atoms with Crippen LogP contribution >= 0.6 is 0 Å². The van der Waals surface area contributed by atoms with E-state index in [9.17, 15) is 0 Å². The van der Waals surface area contributed by atoms with Crippen molar-refractivity contribution in [1.29, 1.82) is 0 Å². The van der Waals surface area contributed by atoms with Crippen molar-refractivity contribution >= 4 is 0 Å². The first kappa shape index (κ1) is 21.0. The molecule has 0 aromatic rings. The minimum absolute atomic E-state index is 0.310. The van der Waals surface area contributed by atoms with Gasteiger partial charge in [-0.15, -0.1) is 0 Å². The van der Waals surface area contributed by atoms with Crippen molar-refractivity contribution in [2.45, 2.75) is 78.1 Å². The zero-order valence-electron chi connectivity index (χ0n) is 15.9. The molecule has 4 nitrogen and oxygen atoms in total. The van der Waals surface area contributed by atoms with Crippen LogP contribution in [0.5, 0.6) is 0 Å². The van der Waals surface area contributed by atoms with Crippen molar-refractivity contribution in [1.82, 2.24) is 0 Å². The molecule has 140 valence electrons. The molecule has 1 aliphatic rings. The molecule has 24 heavy (non-hydrogen) atoms. The second-order valence-electron chi connectivity index (χ2n) is 6.87. The van der Waals surface area contributed by atoms with Crippen molar-refractivity contribution < 1.29 is 18.9 Å². The third kappa shape index (κ3) is 11.5. The molecule has 1 fully saturated rings. The van der Waals surface area contributed by atoms with Crippen molar-refractivity contribution in [2.24, 2.45) is 5.92 Å². The lowest BCUT2D eigenvalue weighted by Crippen LogP contribution is -2.23. The summed E-state index contributed by atoms with van der Waals surface area (Å²) in [4.78, 5) is 0. The Morgan fingerprint density at radius 1 is 1.08 bits per heavy atom. The first-order valence-corrected chi connectivity index (χ1v) is 9.35. The van der Waals surface area contributed by atoms with E-state index < -0.39 is 0 Å². The van der Waals surface area contributed by atoms with Gasteiger partial charge in [-0.05, 0) is 26.2 Å². The van der Waals surface area contributed by atoms with Crippen LogP contribution in [0.15, 0.2) is 24.7 Å². The van der Waals surface area contributed by atoms with Gasteiger partial charge in [-0.1, -0.05) is 52.2 Å². The lowest BCUT2D eigenvalue weighted by atomic mass is 9.97. The molecule has 1 rings (SSSR count). The second kappa shape index (κ2) is 12.4. The Morgan fingerprint density at radius 3 is 2.25 bits per heavy atom. The number of rotatable bonds is 16. The normalized spacial score (nSPS) is 17.6. The van der Waals surface area contributed by atoms with Crippen LogP contribution in [0.25, 0.3) is 0 Å². The Kier molecular flexibility index (Phi) is 10.9. The van der Waals surface area contributed by atoms with Gasteiger partial charge in [-0.3, -0.25) is 0 Å². The van der Waals surface area contributed by atoms with Crippen molar-refractivity contribution in [3.05, 3.63) is 24.7 Å². The quantitative estimate of drug-likeness (QED) is 0.168. The molecule has 0 aromatic carbocycles. The van der Waals surface area contributed by atoms with E-state index in [0.29, 0.717) is 30.1 Å². The standard InChI is InChI=1S/C20H36O4/c1-6-7-8-9-10-11-18(13-21-14-19-15-22-19)12-20(23-16(2)3)24-17(4)5/h18-20H,2,4,6-15H2,1,3,5H3. The monoisotopic (exact) mass is 340 g/mol. The SMILES string of the molecule is C=C(C)OC(CC(CCCCCCC)COCC1CO1)OC(=C)C. The highest BCUT2D eigenvalue weighted by molar-refractivity contribution is 4.80. The van der Waals surface area contributed by atoms with Gasteiger partial charge >= 0.3 is 0 Å². The van der Waals surface area contributed by atoms with Crippen LogP contribution < -0.4 is 0 Å². The lowest BCUT2D eigenvalue weighted by molar-refractivity contribution is -0.103. The summed E-state index contributed by atoms with van der Waals surface area (Å²) in [6, 6.07) is 0. The summed E-state index contributed by atoms with van der Waals surface area (Å²) >= 11 is 0. The van der Waals surface area contributed by atoms with Crippen LogP contribution in [0.4, 0.5) is 0 Å². The molecule has 0 N–H and O–H groups in total. The predicted molar refractivity (Wildman–Crippen MR) is 97.6 cm³/mol. The maximum absolute atomic E-state index is 5.83. The largest absolute Gasteiger partial charge is 0.460 e. The Bertz CT molecular complexity index is 347. The van der Waals surface area contributed by atoms with Gasteiger partial charge in [0.15, 0.2) is 0 Å². The zero-order chi connectivity index (χ0) is 17.8.